The summed E-state index contributed by atoms with van der Waals surface area (Å²) in [6, 6.07) is 6.01. The number of rotatable bonds is 2. The molecule has 1 saturated carbocycles. The third kappa shape index (κ3) is 2.58. The fourth-order valence-electron chi connectivity index (χ4n) is 2.59. The summed E-state index contributed by atoms with van der Waals surface area (Å²) >= 11 is 0. The van der Waals surface area contributed by atoms with Crippen molar-refractivity contribution in [3.05, 3.63) is 34.9 Å². The van der Waals surface area contributed by atoms with Crippen LogP contribution >= 0.6 is 0 Å². The van der Waals surface area contributed by atoms with Crippen LogP contribution in [-0.4, -0.2) is 11.8 Å². The molecule has 0 bridgehead atoms. The predicted octanol–water partition coefficient (Wildman–Crippen LogP) is 3.00. The minimum atomic E-state index is 0.0332. The van der Waals surface area contributed by atoms with Crippen LogP contribution in [0.4, 0.5) is 0 Å². The van der Waals surface area contributed by atoms with Crippen molar-refractivity contribution in [1.82, 2.24) is 0 Å². The van der Waals surface area contributed by atoms with Crippen molar-refractivity contribution >= 4 is 5.78 Å². The van der Waals surface area contributed by atoms with Gasteiger partial charge >= 0.3 is 0 Å². The molecule has 17 heavy (non-hydrogen) atoms. The van der Waals surface area contributed by atoms with E-state index in [4.69, 9.17) is 5.73 Å². The molecule has 0 radical (unpaired) electrons. The van der Waals surface area contributed by atoms with Crippen LogP contribution in [0.25, 0.3) is 0 Å². The molecule has 1 aromatic rings. The molecule has 1 fully saturated rings. The second-order valence-electron chi connectivity index (χ2n) is 5.22. The molecule has 0 aromatic heterocycles. The van der Waals surface area contributed by atoms with Crippen molar-refractivity contribution in [2.75, 3.05) is 0 Å². The number of carbonyl (C=O) groups is 1. The summed E-state index contributed by atoms with van der Waals surface area (Å²) in [5.74, 6) is 0.270. The van der Waals surface area contributed by atoms with Crippen LogP contribution in [0.2, 0.25) is 0 Å². The van der Waals surface area contributed by atoms with Crippen molar-refractivity contribution in [3.63, 3.8) is 0 Å². The summed E-state index contributed by atoms with van der Waals surface area (Å²) in [5, 5.41) is 0. The van der Waals surface area contributed by atoms with Crippen molar-refractivity contribution in [2.24, 2.45) is 11.7 Å². The smallest absolute Gasteiger partial charge is 0.167 e. The van der Waals surface area contributed by atoms with Gasteiger partial charge in [-0.25, -0.2) is 0 Å². The van der Waals surface area contributed by atoms with Gasteiger partial charge in [-0.2, -0.15) is 0 Å². The third-order valence-corrected chi connectivity index (χ3v) is 3.95. The van der Waals surface area contributed by atoms with E-state index in [1.165, 1.54) is 11.1 Å². The highest BCUT2D eigenvalue weighted by Gasteiger charge is 2.28. The molecule has 2 N–H and O–H groups in total. The lowest BCUT2D eigenvalue weighted by atomic mass is 9.80. The Hall–Kier alpha value is -1.15. The Kier molecular flexibility index (Phi) is 3.63. The monoisotopic (exact) mass is 231 g/mol. The standard InChI is InChI=1S/C15H21NO/c1-10-7-8-12(9-11(10)2)15(17)13-5-3-4-6-14(13)16/h7-9,13-14H,3-6,16H2,1-2H3. The summed E-state index contributed by atoms with van der Waals surface area (Å²) in [7, 11) is 0. The number of hydrogen-bond acceptors (Lipinski definition) is 2. The van der Waals surface area contributed by atoms with Gasteiger partial charge < -0.3 is 5.73 Å². The number of ketones is 1. The van der Waals surface area contributed by atoms with E-state index < -0.39 is 0 Å². The Balaban J connectivity index is 2.21. The summed E-state index contributed by atoms with van der Waals surface area (Å²) in [4.78, 5) is 12.4. The molecule has 2 nitrogen and oxygen atoms in total. The first-order chi connectivity index (χ1) is 8.09. The van der Waals surface area contributed by atoms with E-state index >= 15 is 0 Å². The third-order valence-electron chi connectivity index (χ3n) is 3.95. The first-order valence-electron chi connectivity index (χ1n) is 6.46. The molecule has 2 heteroatoms. The van der Waals surface area contributed by atoms with E-state index in [-0.39, 0.29) is 17.7 Å². The molecule has 2 unspecified atom stereocenters. The molecule has 0 heterocycles. The van der Waals surface area contributed by atoms with Crippen LogP contribution in [0.15, 0.2) is 18.2 Å². The van der Waals surface area contributed by atoms with Crippen LogP contribution in [0.5, 0.6) is 0 Å². The fourth-order valence-corrected chi connectivity index (χ4v) is 2.59. The van der Waals surface area contributed by atoms with Crippen LogP contribution in [0.3, 0.4) is 0 Å². The first kappa shape index (κ1) is 12.3. The maximum atomic E-state index is 12.4. The highest BCUT2D eigenvalue weighted by molar-refractivity contribution is 5.98. The van der Waals surface area contributed by atoms with Crippen molar-refractivity contribution in [3.8, 4) is 0 Å². The molecule has 1 aliphatic rings. The zero-order valence-electron chi connectivity index (χ0n) is 10.7. The maximum absolute atomic E-state index is 12.4. The average molecular weight is 231 g/mol. The van der Waals surface area contributed by atoms with Gasteiger partial charge in [0.2, 0.25) is 0 Å². The van der Waals surface area contributed by atoms with Crippen molar-refractivity contribution < 1.29 is 4.79 Å². The molecule has 0 saturated heterocycles. The molecule has 0 amide bonds. The van der Waals surface area contributed by atoms with Crippen molar-refractivity contribution in [2.45, 2.75) is 45.6 Å². The number of nitrogens with two attached hydrogens (primary N) is 1. The Morgan fingerprint density at radius 2 is 1.88 bits per heavy atom. The van der Waals surface area contributed by atoms with Gasteiger partial charge in [-0.1, -0.05) is 25.0 Å². The Morgan fingerprint density at radius 1 is 1.18 bits per heavy atom. The molecule has 1 aromatic carbocycles. The van der Waals surface area contributed by atoms with E-state index in [1.807, 2.05) is 25.1 Å². The summed E-state index contributed by atoms with van der Waals surface area (Å²) in [5.41, 5.74) is 9.31. The Bertz CT molecular complexity index is 425. The quantitative estimate of drug-likeness (QED) is 0.795. The van der Waals surface area contributed by atoms with E-state index in [0.717, 1.165) is 31.2 Å². The summed E-state index contributed by atoms with van der Waals surface area (Å²) in [6.45, 7) is 4.11. The topological polar surface area (TPSA) is 43.1 Å². The van der Waals surface area contributed by atoms with Crippen LogP contribution in [0.1, 0.15) is 47.2 Å². The number of Topliss-reactive ketones (excluding diaryl/α,β-unsaturated/α-hetero) is 1. The SMILES string of the molecule is Cc1ccc(C(=O)C2CCCCC2N)cc1C. The van der Waals surface area contributed by atoms with Gasteiger partial charge in [-0.05, 0) is 43.9 Å². The van der Waals surface area contributed by atoms with Gasteiger partial charge in [0.05, 0.1) is 0 Å². The largest absolute Gasteiger partial charge is 0.327 e. The minimum Gasteiger partial charge on any atom is -0.327 e. The lowest BCUT2D eigenvalue weighted by Crippen LogP contribution is -2.38. The van der Waals surface area contributed by atoms with Gasteiger partial charge in [0, 0.05) is 17.5 Å². The zero-order chi connectivity index (χ0) is 12.4. The van der Waals surface area contributed by atoms with Crippen LogP contribution in [-0.2, 0) is 0 Å². The molecule has 2 atom stereocenters. The molecular weight excluding hydrogens is 210 g/mol. The van der Waals surface area contributed by atoms with E-state index in [9.17, 15) is 4.79 Å². The van der Waals surface area contributed by atoms with Gasteiger partial charge in [0.15, 0.2) is 5.78 Å². The van der Waals surface area contributed by atoms with Crippen molar-refractivity contribution in [1.29, 1.82) is 0 Å². The number of aryl methyl sites for hydroxylation is 2. The van der Waals surface area contributed by atoms with Gasteiger partial charge in [-0.3, -0.25) is 4.79 Å². The lowest BCUT2D eigenvalue weighted by molar-refractivity contribution is 0.0871. The number of hydrogen-bond donors (Lipinski definition) is 1. The Morgan fingerprint density at radius 3 is 2.53 bits per heavy atom. The zero-order valence-corrected chi connectivity index (χ0v) is 10.7. The molecule has 92 valence electrons. The molecular formula is C15H21NO. The maximum Gasteiger partial charge on any atom is 0.167 e. The summed E-state index contributed by atoms with van der Waals surface area (Å²) in [6.07, 6.45) is 4.24. The number of benzene rings is 1. The normalized spacial score (nSPS) is 24.6. The second kappa shape index (κ2) is 5.01. The molecule has 2 rings (SSSR count). The average Bonchev–Trinajstić information content (AvgIpc) is 2.32. The van der Waals surface area contributed by atoms with Crippen LogP contribution in [0, 0.1) is 19.8 Å². The predicted molar refractivity (Wildman–Crippen MR) is 70.2 cm³/mol. The minimum absolute atomic E-state index is 0.0332. The molecule has 0 aliphatic heterocycles. The van der Waals surface area contributed by atoms with Gasteiger partial charge in [0.1, 0.15) is 0 Å². The molecule has 1 aliphatic carbocycles. The highest BCUT2D eigenvalue weighted by atomic mass is 16.1. The van der Waals surface area contributed by atoms with Gasteiger partial charge in [-0.15, -0.1) is 0 Å². The van der Waals surface area contributed by atoms with Gasteiger partial charge in [0.25, 0.3) is 0 Å². The lowest BCUT2D eigenvalue weighted by Gasteiger charge is -2.27. The second-order valence-corrected chi connectivity index (χ2v) is 5.22. The first-order valence-corrected chi connectivity index (χ1v) is 6.46. The summed E-state index contributed by atoms with van der Waals surface area (Å²) < 4.78 is 0. The molecule has 0 spiro atoms. The van der Waals surface area contributed by atoms with E-state index in [0.29, 0.717) is 0 Å². The van der Waals surface area contributed by atoms with Crippen LogP contribution < -0.4 is 5.73 Å². The Labute approximate surface area is 103 Å². The fraction of sp³-hybridized carbons (Fsp3) is 0.533. The van der Waals surface area contributed by atoms with E-state index in [2.05, 4.69) is 6.92 Å². The number of carbonyl (C=O) groups excluding carboxylic acids is 1. The highest BCUT2D eigenvalue weighted by Crippen LogP contribution is 2.26. The van der Waals surface area contributed by atoms with E-state index in [1.54, 1.807) is 0 Å².